The Balaban J connectivity index is 1.88. The van der Waals surface area contributed by atoms with Crippen molar-refractivity contribution < 1.29 is 19.4 Å². The molecule has 2 aliphatic rings. The number of amides is 1. The van der Waals surface area contributed by atoms with Crippen molar-refractivity contribution in [2.75, 3.05) is 12.0 Å². The molecule has 6 heteroatoms. The highest BCUT2D eigenvalue weighted by Gasteiger charge is 2.57. The Kier molecular flexibility index (Phi) is 4.08. The molecular weight excluding hydrogens is 356 g/mol. The van der Waals surface area contributed by atoms with Crippen molar-refractivity contribution in [1.82, 2.24) is 4.98 Å². The van der Waals surface area contributed by atoms with Crippen LogP contribution in [0.1, 0.15) is 61.0 Å². The van der Waals surface area contributed by atoms with Crippen molar-refractivity contribution in [2.45, 2.75) is 50.7 Å². The summed E-state index contributed by atoms with van der Waals surface area (Å²) in [6, 6.07) is 6.79. The first-order valence-electron chi connectivity index (χ1n) is 9.42. The molecule has 2 aromatic rings. The van der Waals surface area contributed by atoms with Gasteiger partial charge in [0.25, 0.3) is 5.91 Å². The number of ether oxygens (including phenoxy) is 1. The fraction of sp³-hybridized carbons (Fsp3) is 0.409. The lowest BCUT2D eigenvalue weighted by Gasteiger charge is -2.44. The minimum atomic E-state index is -1.92. The van der Waals surface area contributed by atoms with Crippen LogP contribution in [0.3, 0.4) is 0 Å². The van der Waals surface area contributed by atoms with Crippen LogP contribution in [0, 0.1) is 0 Å². The van der Waals surface area contributed by atoms with Crippen LogP contribution < -0.4 is 9.64 Å². The maximum absolute atomic E-state index is 13.5. The van der Waals surface area contributed by atoms with Gasteiger partial charge in [-0.05, 0) is 56.0 Å². The second kappa shape index (κ2) is 6.14. The number of anilines is 1. The molecule has 0 aliphatic carbocycles. The first-order valence-corrected chi connectivity index (χ1v) is 9.42. The van der Waals surface area contributed by atoms with Crippen LogP contribution in [0.4, 0.5) is 5.69 Å². The van der Waals surface area contributed by atoms with E-state index in [2.05, 4.69) is 11.9 Å². The van der Waals surface area contributed by atoms with Gasteiger partial charge in [0.15, 0.2) is 11.4 Å². The van der Waals surface area contributed by atoms with E-state index in [0.717, 1.165) is 17.7 Å². The molecule has 2 aliphatic heterocycles. The summed E-state index contributed by atoms with van der Waals surface area (Å²) < 4.78 is 5.43. The summed E-state index contributed by atoms with van der Waals surface area (Å²) in [4.78, 5) is 31.9. The van der Waals surface area contributed by atoms with Gasteiger partial charge in [0.2, 0.25) is 0 Å². The van der Waals surface area contributed by atoms with E-state index in [-0.39, 0.29) is 18.1 Å². The normalized spacial score (nSPS) is 24.8. The molecule has 6 nitrogen and oxygen atoms in total. The minimum absolute atomic E-state index is 0.196. The van der Waals surface area contributed by atoms with E-state index < -0.39 is 17.0 Å². The second-order valence-electron chi connectivity index (χ2n) is 8.37. The third-order valence-electron chi connectivity index (χ3n) is 5.94. The molecule has 2 atom stereocenters. The minimum Gasteiger partial charge on any atom is -0.497 e. The molecule has 0 bridgehead atoms. The Hall–Kier alpha value is -2.73. The van der Waals surface area contributed by atoms with Gasteiger partial charge >= 0.3 is 0 Å². The number of hydrogen-bond donors (Lipinski definition) is 1. The standard InChI is InChI=1S/C22H24N2O4/c1-13-11-21(2,3)24-19-16(13)9-15(28-4)10-17(19)22(27,20(24)26)12-18(25)14-5-7-23-8-6-14/h5-10,13,27H,11-12H2,1-4H3. The van der Waals surface area contributed by atoms with Gasteiger partial charge in [-0.15, -0.1) is 0 Å². The van der Waals surface area contributed by atoms with Crippen LogP contribution in [-0.2, 0) is 10.4 Å². The SMILES string of the molecule is COc1cc2c3c(c1)C(O)(CC(=O)c1ccncc1)C(=O)N3C(C)(C)CC2C. The molecule has 3 heterocycles. The Labute approximate surface area is 164 Å². The molecule has 0 saturated heterocycles. The molecule has 146 valence electrons. The van der Waals surface area contributed by atoms with Crippen LogP contribution in [0.15, 0.2) is 36.7 Å². The summed E-state index contributed by atoms with van der Waals surface area (Å²) in [5, 5.41) is 11.6. The molecule has 1 N–H and O–H groups in total. The summed E-state index contributed by atoms with van der Waals surface area (Å²) in [7, 11) is 1.56. The van der Waals surface area contributed by atoms with Crippen molar-refractivity contribution in [2.24, 2.45) is 0 Å². The topological polar surface area (TPSA) is 79.7 Å². The number of rotatable bonds is 4. The number of pyridine rings is 1. The van der Waals surface area contributed by atoms with E-state index in [1.54, 1.807) is 30.2 Å². The van der Waals surface area contributed by atoms with E-state index in [0.29, 0.717) is 16.9 Å². The smallest absolute Gasteiger partial charge is 0.264 e. The second-order valence-corrected chi connectivity index (χ2v) is 8.37. The summed E-state index contributed by atoms with van der Waals surface area (Å²) in [6.07, 6.45) is 3.48. The molecular formula is C22H24N2O4. The molecule has 2 unspecified atom stereocenters. The Morgan fingerprint density at radius 3 is 2.64 bits per heavy atom. The van der Waals surface area contributed by atoms with Gasteiger partial charge in [-0.2, -0.15) is 0 Å². The molecule has 0 saturated carbocycles. The number of benzene rings is 1. The highest BCUT2D eigenvalue weighted by atomic mass is 16.5. The average Bonchev–Trinajstić information content (AvgIpc) is 2.88. The zero-order chi connectivity index (χ0) is 20.3. The number of aliphatic hydroxyl groups is 1. The van der Waals surface area contributed by atoms with Gasteiger partial charge in [-0.3, -0.25) is 14.6 Å². The Morgan fingerprint density at radius 1 is 1.32 bits per heavy atom. The van der Waals surface area contributed by atoms with Crippen molar-refractivity contribution in [3.8, 4) is 5.75 Å². The van der Waals surface area contributed by atoms with E-state index in [1.807, 2.05) is 19.9 Å². The number of carbonyl (C=O) groups excluding carboxylic acids is 2. The highest BCUT2D eigenvalue weighted by molar-refractivity contribution is 6.12. The van der Waals surface area contributed by atoms with E-state index >= 15 is 0 Å². The maximum Gasteiger partial charge on any atom is 0.264 e. The number of aromatic nitrogens is 1. The van der Waals surface area contributed by atoms with E-state index in [9.17, 15) is 14.7 Å². The zero-order valence-electron chi connectivity index (χ0n) is 16.5. The summed E-state index contributed by atoms with van der Waals surface area (Å²) in [6.45, 7) is 6.10. The molecule has 1 amide bonds. The van der Waals surface area contributed by atoms with Gasteiger partial charge < -0.3 is 14.7 Å². The number of hydrogen-bond acceptors (Lipinski definition) is 5. The summed E-state index contributed by atoms with van der Waals surface area (Å²) in [5.41, 5.74) is 0.182. The number of Topliss-reactive ketones (excluding diaryl/α,β-unsaturated/α-hetero) is 1. The quantitative estimate of drug-likeness (QED) is 0.824. The average molecular weight is 380 g/mol. The molecule has 1 aromatic heterocycles. The predicted molar refractivity (Wildman–Crippen MR) is 105 cm³/mol. The van der Waals surface area contributed by atoms with Crippen LogP contribution in [0.25, 0.3) is 0 Å². The fourth-order valence-corrected chi connectivity index (χ4v) is 4.66. The third kappa shape index (κ3) is 2.55. The Bertz CT molecular complexity index is 970. The molecule has 0 spiro atoms. The number of carbonyl (C=O) groups is 2. The Morgan fingerprint density at radius 2 is 2.00 bits per heavy atom. The first-order chi connectivity index (χ1) is 13.2. The maximum atomic E-state index is 13.5. The van der Waals surface area contributed by atoms with E-state index in [4.69, 9.17) is 4.74 Å². The monoisotopic (exact) mass is 380 g/mol. The van der Waals surface area contributed by atoms with Crippen LogP contribution in [0.2, 0.25) is 0 Å². The zero-order valence-corrected chi connectivity index (χ0v) is 16.5. The van der Waals surface area contributed by atoms with Crippen LogP contribution >= 0.6 is 0 Å². The van der Waals surface area contributed by atoms with Crippen molar-refractivity contribution in [3.63, 3.8) is 0 Å². The van der Waals surface area contributed by atoms with Gasteiger partial charge in [0.1, 0.15) is 5.75 Å². The highest BCUT2D eigenvalue weighted by Crippen LogP contribution is 2.55. The van der Waals surface area contributed by atoms with Gasteiger partial charge in [0.05, 0.1) is 19.2 Å². The lowest BCUT2D eigenvalue weighted by molar-refractivity contribution is -0.137. The summed E-state index contributed by atoms with van der Waals surface area (Å²) in [5.74, 6) is 0.0164. The number of ketones is 1. The lowest BCUT2D eigenvalue weighted by atomic mass is 9.80. The van der Waals surface area contributed by atoms with Crippen LogP contribution in [-0.4, -0.2) is 34.4 Å². The number of methoxy groups -OCH3 is 1. The molecule has 28 heavy (non-hydrogen) atoms. The summed E-state index contributed by atoms with van der Waals surface area (Å²) >= 11 is 0. The first kappa shape index (κ1) is 18.6. The van der Waals surface area contributed by atoms with Crippen LogP contribution in [0.5, 0.6) is 5.75 Å². The molecule has 4 rings (SSSR count). The predicted octanol–water partition coefficient (Wildman–Crippen LogP) is 3.18. The van der Waals surface area contributed by atoms with Crippen molar-refractivity contribution in [3.05, 3.63) is 53.3 Å². The van der Waals surface area contributed by atoms with E-state index in [1.165, 1.54) is 12.4 Å². The molecule has 1 aromatic carbocycles. The van der Waals surface area contributed by atoms with Gasteiger partial charge in [0, 0.05) is 29.1 Å². The van der Waals surface area contributed by atoms with Gasteiger partial charge in [-0.1, -0.05) is 6.92 Å². The lowest BCUT2D eigenvalue weighted by Crippen LogP contribution is -2.53. The largest absolute Gasteiger partial charge is 0.497 e. The van der Waals surface area contributed by atoms with Crippen molar-refractivity contribution >= 4 is 17.4 Å². The van der Waals surface area contributed by atoms with Gasteiger partial charge in [-0.25, -0.2) is 0 Å². The fourth-order valence-electron chi connectivity index (χ4n) is 4.66. The third-order valence-corrected chi connectivity index (χ3v) is 5.94. The molecule has 0 fully saturated rings. The molecule has 0 radical (unpaired) electrons. The number of nitrogens with zero attached hydrogens (tertiary/aromatic N) is 2. The van der Waals surface area contributed by atoms with Crippen molar-refractivity contribution in [1.29, 1.82) is 0 Å².